The summed E-state index contributed by atoms with van der Waals surface area (Å²) < 4.78 is 42.1. The van der Waals surface area contributed by atoms with Gasteiger partial charge in [-0.25, -0.2) is 13.2 Å². The average Bonchev–Trinajstić information content (AvgIpc) is 2.19. The first-order valence-corrected chi connectivity index (χ1v) is 4.07. The first-order valence-electron chi connectivity index (χ1n) is 4.07. The van der Waals surface area contributed by atoms with Crippen LogP contribution >= 0.6 is 0 Å². The number of hydrogen-bond donors (Lipinski definition) is 2. The van der Waals surface area contributed by atoms with Gasteiger partial charge in [0.15, 0.2) is 11.5 Å². The molecule has 84 valence electrons. The SMILES string of the molecule is COc1cc(F)cc([C@H](N)C(F)F)c1O. The van der Waals surface area contributed by atoms with Crippen molar-refractivity contribution in [3.8, 4) is 11.5 Å². The Balaban J connectivity index is 3.22. The zero-order valence-electron chi connectivity index (χ0n) is 7.88. The summed E-state index contributed by atoms with van der Waals surface area (Å²) in [6.07, 6.45) is -2.89. The Morgan fingerprint density at radius 3 is 2.47 bits per heavy atom. The fourth-order valence-corrected chi connectivity index (χ4v) is 1.14. The number of aromatic hydroxyl groups is 1. The van der Waals surface area contributed by atoms with Crippen molar-refractivity contribution in [1.29, 1.82) is 0 Å². The van der Waals surface area contributed by atoms with E-state index in [9.17, 15) is 18.3 Å². The second kappa shape index (κ2) is 4.39. The highest BCUT2D eigenvalue weighted by molar-refractivity contribution is 5.47. The number of halogens is 3. The number of phenolic OH excluding ortho intramolecular Hbond substituents is 1. The summed E-state index contributed by atoms with van der Waals surface area (Å²) in [7, 11) is 1.19. The molecule has 0 fully saturated rings. The monoisotopic (exact) mass is 221 g/mol. The molecule has 3 N–H and O–H groups in total. The zero-order valence-corrected chi connectivity index (χ0v) is 7.88. The number of benzene rings is 1. The smallest absolute Gasteiger partial charge is 0.257 e. The van der Waals surface area contributed by atoms with Crippen molar-refractivity contribution >= 4 is 0 Å². The van der Waals surface area contributed by atoms with Gasteiger partial charge in [-0.1, -0.05) is 0 Å². The highest BCUT2D eigenvalue weighted by Crippen LogP contribution is 2.35. The summed E-state index contributed by atoms with van der Waals surface area (Å²) in [6.45, 7) is 0. The molecule has 1 aromatic carbocycles. The predicted molar refractivity (Wildman–Crippen MR) is 47.5 cm³/mol. The standard InChI is InChI=1S/C9H10F3NO2/c1-15-6-3-4(10)2-5(8(6)14)7(13)9(11)12/h2-3,7,9,14H,13H2,1H3/t7-/m0/s1. The molecule has 0 radical (unpaired) electrons. The van der Waals surface area contributed by atoms with Crippen molar-refractivity contribution in [3.63, 3.8) is 0 Å². The molecular weight excluding hydrogens is 211 g/mol. The molecule has 0 saturated carbocycles. The molecule has 0 saturated heterocycles. The third-order valence-corrected chi connectivity index (χ3v) is 1.92. The zero-order chi connectivity index (χ0) is 11.6. The molecule has 0 aliphatic carbocycles. The Labute approximate surface area is 84.3 Å². The van der Waals surface area contributed by atoms with Crippen LogP contribution in [0.3, 0.4) is 0 Å². The summed E-state index contributed by atoms with van der Waals surface area (Å²) in [5.74, 6) is -1.58. The van der Waals surface area contributed by atoms with Crippen LogP contribution in [0.5, 0.6) is 11.5 Å². The summed E-state index contributed by atoms with van der Waals surface area (Å²) >= 11 is 0. The lowest BCUT2D eigenvalue weighted by Gasteiger charge is -2.14. The van der Waals surface area contributed by atoms with Gasteiger partial charge in [-0.05, 0) is 6.07 Å². The Kier molecular flexibility index (Phi) is 3.41. The van der Waals surface area contributed by atoms with Gasteiger partial charge in [0.2, 0.25) is 0 Å². The molecule has 1 aromatic rings. The molecule has 0 spiro atoms. The van der Waals surface area contributed by atoms with Crippen LogP contribution in [0.2, 0.25) is 0 Å². The van der Waals surface area contributed by atoms with E-state index in [-0.39, 0.29) is 11.3 Å². The molecule has 1 rings (SSSR count). The Hall–Kier alpha value is -1.43. The molecule has 1 atom stereocenters. The minimum absolute atomic E-state index is 0.221. The van der Waals surface area contributed by atoms with E-state index in [1.54, 1.807) is 0 Å². The van der Waals surface area contributed by atoms with Crippen molar-refractivity contribution < 1.29 is 23.0 Å². The van der Waals surface area contributed by atoms with Crippen molar-refractivity contribution in [3.05, 3.63) is 23.5 Å². The molecule has 6 heteroatoms. The van der Waals surface area contributed by atoms with Gasteiger partial charge < -0.3 is 15.6 Å². The van der Waals surface area contributed by atoms with Crippen molar-refractivity contribution in [2.24, 2.45) is 5.73 Å². The maximum Gasteiger partial charge on any atom is 0.257 e. The Morgan fingerprint density at radius 1 is 1.40 bits per heavy atom. The van der Waals surface area contributed by atoms with Crippen molar-refractivity contribution in [2.75, 3.05) is 7.11 Å². The van der Waals surface area contributed by atoms with Crippen LogP contribution in [0, 0.1) is 5.82 Å². The van der Waals surface area contributed by atoms with Gasteiger partial charge in [0.25, 0.3) is 6.43 Å². The minimum Gasteiger partial charge on any atom is -0.504 e. The fraction of sp³-hybridized carbons (Fsp3) is 0.333. The Morgan fingerprint density at radius 2 is 2.00 bits per heavy atom. The van der Waals surface area contributed by atoms with E-state index in [1.807, 2.05) is 0 Å². The van der Waals surface area contributed by atoms with E-state index < -0.39 is 24.0 Å². The molecule has 0 aliphatic rings. The average molecular weight is 221 g/mol. The van der Waals surface area contributed by atoms with E-state index >= 15 is 0 Å². The lowest BCUT2D eigenvalue weighted by molar-refractivity contribution is 0.115. The summed E-state index contributed by atoms with van der Waals surface area (Å²) in [5, 5.41) is 9.43. The first-order chi connectivity index (χ1) is 6.97. The molecule has 3 nitrogen and oxygen atoms in total. The maximum absolute atomic E-state index is 12.9. The molecule has 15 heavy (non-hydrogen) atoms. The first kappa shape index (κ1) is 11.6. The maximum atomic E-state index is 12.9. The van der Waals surface area contributed by atoms with E-state index in [1.165, 1.54) is 7.11 Å². The van der Waals surface area contributed by atoms with Gasteiger partial charge in [0, 0.05) is 11.6 Å². The quantitative estimate of drug-likeness (QED) is 0.818. The van der Waals surface area contributed by atoms with Crippen LogP contribution in [-0.2, 0) is 0 Å². The summed E-state index contributed by atoms with van der Waals surface area (Å²) in [4.78, 5) is 0. The highest BCUT2D eigenvalue weighted by Gasteiger charge is 2.23. The number of phenols is 1. The highest BCUT2D eigenvalue weighted by atomic mass is 19.3. The third-order valence-electron chi connectivity index (χ3n) is 1.92. The largest absolute Gasteiger partial charge is 0.504 e. The second-order valence-corrected chi connectivity index (χ2v) is 2.91. The van der Waals surface area contributed by atoms with Gasteiger partial charge in [0.05, 0.1) is 13.2 Å². The fourth-order valence-electron chi connectivity index (χ4n) is 1.14. The van der Waals surface area contributed by atoms with E-state index in [0.29, 0.717) is 0 Å². The van der Waals surface area contributed by atoms with Gasteiger partial charge in [0.1, 0.15) is 5.82 Å². The molecule has 0 unspecified atom stereocenters. The Bertz CT molecular complexity index is 357. The molecule has 0 bridgehead atoms. The number of alkyl halides is 2. The molecular formula is C9H10F3NO2. The third kappa shape index (κ3) is 2.33. The second-order valence-electron chi connectivity index (χ2n) is 2.91. The molecule has 0 aliphatic heterocycles. The van der Waals surface area contributed by atoms with Crippen molar-refractivity contribution in [2.45, 2.75) is 12.5 Å². The lowest BCUT2D eigenvalue weighted by Crippen LogP contribution is -2.19. The van der Waals surface area contributed by atoms with Crippen LogP contribution in [0.4, 0.5) is 13.2 Å². The van der Waals surface area contributed by atoms with Crippen molar-refractivity contribution in [1.82, 2.24) is 0 Å². The lowest BCUT2D eigenvalue weighted by atomic mass is 10.1. The van der Waals surface area contributed by atoms with Crippen LogP contribution in [-0.4, -0.2) is 18.6 Å². The van der Waals surface area contributed by atoms with Gasteiger partial charge in [-0.15, -0.1) is 0 Å². The number of methoxy groups -OCH3 is 1. The van der Waals surface area contributed by atoms with Gasteiger partial charge in [-0.2, -0.15) is 0 Å². The van der Waals surface area contributed by atoms with E-state index in [4.69, 9.17) is 5.73 Å². The van der Waals surface area contributed by atoms with E-state index in [0.717, 1.165) is 12.1 Å². The minimum atomic E-state index is -2.89. The topological polar surface area (TPSA) is 55.5 Å². The summed E-state index contributed by atoms with van der Waals surface area (Å²) in [5.41, 5.74) is 4.73. The number of rotatable bonds is 3. The van der Waals surface area contributed by atoms with Crippen LogP contribution in [0.1, 0.15) is 11.6 Å². The predicted octanol–water partition coefficient (Wildman–Crippen LogP) is 1.80. The molecule has 0 aromatic heterocycles. The van der Waals surface area contributed by atoms with Crippen LogP contribution in [0.15, 0.2) is 12.1 Å². The molecule has 0 amide bonds. The molecule has 0 heterocycles. The van der Waals surface area contributed by atoms with Gasteiger partial charge in [-0.3, -0.25) is 0 Å². The van der Waals surface area contributed by atoms with Crippen LogP contribution < -0.4 is 10.5 Å². The normalized spacial score (nSPS) is 12.9. The number of ether oxygens (including phenoxy) is 1. The number of hydrogen-bond acceptors (Lipinski definition) is 3. The van der Waals surface area contributed by atoms with E-state index in [2.05, 4.69) is 4.74 Å². The number of nitrogens with two attached hydrogens (primary N) is 1. The van der Waals surface area contributed by atoms with Gasteiger partial charge >= 0.3 is 0 Å². The summed E-state index contributed by atoms with van der Waals surface area (Å²) in [6, 6.07) is -0.0966. The van der Waals surface area contributed by atoms with Crippen LogP contribution in [0.25, 0.3) is 0 Å².